The van der Waals surface area contributed by atoms with Crippen LogP contribution in [0.2, 0.25) is 0 Å². The van der Waals surface area contributed by atoms with Gasteiger partial charge in [0, 0.05) is 25.2 Å². The second kappa shape index (κ2) is 5.80. The number of hydrogen-bond acceptors (Lipinski definition) is 4. The molecule has 0 radical (unpaired) electrons. The zero-order valence-corrected chi connectivity index (χ0v) is 10.4. The Bertz CT molecular complexity index is 262. The second-order valence-electron chi connectivity index (χ2n) is 5.12. The minimum absolute atomic E-state index is 0.396. The summed E-state index contributed by atoms with van der Waals surface area (Å²) in [5, 5.41) is 12.3. The molecule has 0 amide bonds. The van der Waals surface area contributed by atoms with E-state index in [1.165, 1.54) is 0 Å². The molecule has 0 aromatic carbocycles. The Hall–Kier alpha value is -0.650. The van der Waals surface area contributed by atoms with Gasteiger partial charge in [-0.1, -0.05) is 0 Å². The number of likely N-dealkylation sites (N-methyl/N-ethyl adjacent to an activating group) is 1. The summed E-state index contributed by atoms with van der Waals surface area (Å²) in [7, 11) is 2.05. The molecule has 0 bridgehead atoms. The van der Waals surface area contributed by atoms with Crippen LogP contribution in [-0.2, 0) is 9.53 Å². The van der Waals surface area contributed by atoms with Gasteiger partial charge in [-0.25, -0.2) is 0 Å². The molecular weight excluding hydrogens is 220 g/mol. The third-order valence-electron chi connectivity index (χ3n) is 3.61. The Morgan fingerprint density at radius 2 is 2.29 bits per heavy atom. The predicted octanol–water partition coefficient (Wildman–Crippen LogP) is 0.302. The SMILES string of the molecule is CN(CCC(NC1CC1)C(=O)O)C1CCOC1. The molecular formula is C12H22N2O3. The van der Waals surface area contributed by atoms with Gasteiger partial charge in [0.2, 0.25) is 0 Å². The van der Waals surface area contributed by atoms with Crippen molar-refractivity contribution in [1.82, 2.24) is 10.2 Å². The molecule has 0 aromatic heterocycles. The average Bonchev–Trinajstić information content (AvgIpc) is 2.94. The molecule has 2 unspecified atom stereocenters. The molecule has 0 aromatic rings. The molecule has 0 spiro atoms. The molecule has 1 saturated carbocycles. The zero-order chi connectivity index (χ0) is 12.3. The first-order valence-corrected chi connectivity index (χ1v) is 6.43. The lowest BCUT2D eigenvalue weighted by Crippen LogP contribution is -2.42. The van der Waals surface area contributed by atoms with E-state index in [-0.39, 0.29) is 0 Å². The van der Waals surface area contributed by atoms with Gasteiger partial charge in [-0.05, 0) is 32.7 Å². The van der Waals surface area contributed by atoms with Gasteiger partial charge in [0.15, 0.2) is 0 Å². The van der Waals surface area contributed by atoms with E-state index in [4.69, 9.17) is 9.84 Å². The van der Waals surface area contributed by atoms with Crippen LogP contribution in [0.15, 0.2) is 0 Å². The molecule has 2 aliphatic rings. The van der Waals surface area contributed by atoms with E-state index in [9.17, 15) is 4.79 Å². The summed E-state index contributed by atoms with van der Waals surface area (Å²) in [6.07, 6.45) is 3.97. The first kappa shape index (κ1) is 12.8. The maximum absolute atomic E-state index is 11.1. The van der Waals surface area contributed by atoms with Crippen LogP contribution in [0, 0.1) is 0 Å². The van der Waals surface area contributed by atoms with Gasteiger partial charge in [-0.3, -0.25) is 4.79 Å². The molecule has 2 fully saturated rings. The minimum atomic E-state index is -0.729. The Labute approximate surface area is 102 Å². The lowest BCUT2D eigenvalue weighted by Gasteiger charge is -2.24. The summed E-state index contributed by atoms with van der Waals surface area (Å²) in [5.74, 6) is -0.729. The molecule has 1 aliphatic heterocycles. The minimum Gasteiger partial charge on any atom is -0.480 e. The third kappa shape index (κ3) is 3.94. The Morgan fingerprint density at radius 3 is 2.82 bits per heavy atom. The molecule has 1 saturated heterocycles. The highest BCUT2D eigenvalue weighted by Crippen LogP contribution is 2.20. The number of carboxylic acids is 1. The van der Waals surface area contributed by atoms with E-state index >= 15 is 0 Å². The summed E-state index contributed by atoms with van der Waals surface area (Å²) in [6, 6.07) is 0.508. The van der Waals surface area contributed by atoms with Gasteiger partial charge >= 0.3 is 5.97 Å². The van der Waals surface area contributed by atoms with E-state index in [1.54, 1.807) is 0 Å². The van der Waals surface area contributed by atoms with Gasteiger partial charge in [-0.2, -0.15) is 0 Å². The van der Waals surface area contributed by atoms with Crippen molar-refractivity contribution in [3.63, 3.8) is 0 Å². The van der Waals surface area contributed by atoms with Crippen molar-refractivity contribution in [1.29, 1.82) is 0 Å². The van der Waals surface area contributed by atoms with E-state index in [1.807, 2.05) is 0 Å². The molecule has 1 heterocycles. The van der Waals surface area contributed by atoms with Crippen LogP contribution < -0.4 is 5.32 Å². The molecule has 17 heavy (non-hydrogen) atoms. The van der Waals surface area contributed by atoms with Gasteiger partial charge in [0.25, 0.3) is 0 Å². The molecule has 2 rings (SSSR count). The van der Waals surface area contributed by atoms with Gasteiger partial charge < -0.3 is 20.1 Å². The van der Waals surface area contributed by atoms with E-state index in [0.29, 0.717) is 18.5 Å². The fourth-order valence-corrected chi connectivity index (χ4v) is 2.20. The fraction of sp³-hybridized carbons (Fsp3) is 0.917. The van der Waals surface area contributed by atoms with Gasteiger partial charge in [0.05, 0.1) is 6.61 Å². The lowest BCUT2D eigenvalue weighted by molar-refractivity contribution is -0.139. The monoisotopic (exact) mass is 242 g/mol. The van der Waals surface area contributed by atoms with E-state index in [0.717, 1.165) is 39.0 Å². The summed E-state index contributed by atoms with van der Waals surface area (Å²) in [6.45, 7) is 2.42. The molecule has 2 N–H and O–H groups in total. The first-order chi connectivity index (χ1) is 8.16. The maximum atomic E-state index is 11.1. The van der Waals surface area contributed by atoms with Crippen molar-refractivity contribution in [2.75, 3.05) is 26.8 Å². The number of nitrogens with one attached hydrogen (secondary N) is 1. The van der Waals surface area contributed by atoms with Crippen LogP contribution in [0.1, 0.15) is 25.7 Å². The van der Waals surface area contributed by atoms with Crippen LogP contribution in [0.3, 0.4) is 0 Å². The molecule has 5 nitrogen and oxygen atoms in total. The van der Waals surface area contributed by atoms with Crippen molar-refractivity contribution in [3.05, 3.63) is 0 Å². The Morgan fingerprint density at radius 1 is 1.53 bits per heavy atom. The Balaban J connectivity index is 1.71. The number of carbonyl (C=O) groups is 1. The summed E-state index contributed by atoms with van der Waals surface area (Å²) < 4.78 is 5.33. The van der Waals surface area contributed by atoms with Crippen LogP contribution >= 0.6 is 0 Å². The van der Waals surface area contributed by atoms with Crippen LogP contribution in [-0.4, -0.2) is 60.9 Å². The van der Waals surface area contributed by atoms with Crippen LogP contribution in [0.25, 0.3) is 0 Å². The lowest BCUT2D eigenvalue weighted by atomic mass is 10.1. The average molecular weight is 242 g/mol. The number of nitrogens with zero attached hydrogens (tertiary/aromatic N) is 1. The number of rotatable bonds is 7. The third-order valence-corrected chi connectivity index (χ3v) is 3.61. The van der Waals surface area contributed by atoms with Crippen molar-refractivity contribution < 1.29 is 14.6 Å². The highest BCUT2D eigenvalue weighted by molar-refractivity contribution is 5.73. The molecule has 98 valence electrons. The second-order valence-corrected chi connectivity index (χ2v) is 5.12. The molecule has 2 atom stereocenters. The summed E-state index contributed by atoms with van der Waals surface area (Å²) in [4.78, 5) is 13.3. The number of ether oxygens (including phenoxy) is 1. The maximum Gasteiger partial charge on any atom is 0.320 e. The fourth-order valence-electron chi connectivity index (χ4n) is 2.20. The van der Waals surface area contributed by atoms with Crippen molar-refractivity contribution in [3.8, 4) is 0 Å². The van der Waals surface area contributed by atoms with Crippen LogP contribution in [0.5, 0.6) is 0 Å². The number of aliphatic carboxylic acids is 1. The van der Waals surface area contributed by atoms with Gasteiger partial charge in [-0.15, -0.1) is 0 Å². The molecule has 1 aliphatic carbocycles. The normalized spacial score (nSPS) is 26.4. The quantitative estimate of drug-likeness (QED) is 0.672. The topological polar surface area (TPSA) is 61.8 Å². The highest BCUT2D eigenvalue weighted by atomic mass is 16.5. The smallest absolute Gasteiger partial charge is 0.320 e. The van der Waals surface area contributed by atoms with E-state index in [2.05, 4.69) is 17.3 Å². The summed E-state index contributed by atoms with van der Waals surface area (Å²) >= 11 is 0. The van der Waals surface area contributed by atoms with Crippen LogP contribution in [0.4, 0.5) is 0 Å². The largest absolute Gasteiger partial charge is 0.480 e. The Kier molecular flexibility index (Phi) is 4.36. The number of hydrogen-bond donors (Lipinski definition) is 2. The van der Waals surface area contributed by atoms with Crippen molar-refractivity contribution >= 4 is 5.97 Å². The highest BCUT2D eigenvalue weighted by Gasteiger charge is 2.29. The predicted molar refractivity (Wildman–Crippen MR) is 64.1 cm³/mol. The van der Waals surface area contributed by atoms with E-state index < -0.39 is 12.0 Å². The standard InChI is InChI=1S/C12H22N2O3/c1-14(10-5-7-17-8-10)6-4-11(12(15)16)13-9-2-3-9/h9-11,13H,2-8H2,1H3,(H,15,16). The summed E-state index contributed by atoms with van der Waals surface area (Å²) in [5.41, 5.74) is 0. The number of carboxylic acid groups (broad SMARTS) is 1. The van der Waals surface area contributed by atoms with Gasteiger partial charge in [0.1, 0.15) is 6.04 Å². The molecule has 5 heteroatoms. The van der Waals surface area contributed by atoms with Crippen molar-refractivity contribution in [2.24, 2.45) is 0 Å². The van der Waals surface area contributed by atoms with Crippen molar-refractivity contribution in [2.45, 2.75) is 43.8 Å². The zero-order valence-electron chi connectivity index (χ0n) is 10.4. The first-order valence-electron chi connectivity index (χ1n) is 6.43.